The second kappa shape index (κ2) is 8.44. The van der Waals surface area contributed by atoms with Gasteiger partial charge in [-0.1, -0.05) is 49.7 Å². The van der Waals surface area contributed by atoms with E-state index in [4.69, 9.17) is 10.7 Å². The van der Waals surface area contributed by atoms with Crippen LogP contribution < -0.4 is 5.73 Å². The molecule has 7 heteroatoms. The fraction of sp³-hybridized carbons (Fsp3) is 0.304. The van der Waals surface area contributed by atoms with E-state index in [9.17, 15) is 8.42 Å². The lowest BCUT2D eigenvalue weighted by molar-refractivity contribution is 0.583. The van der Waals surface area contributed by atoms with Crippen molar-refractivity contribution in [3.8, 4) is 0 Å². The molecule has 2 aromatic heterocycles. The van der Waals surface area contributed by atoms with Gasteiger partial charge in [0.05, 0.1) is 21.7 Å². The van der Waals surface area contributed by atoms with Crippen LogP contribution in [0.2, 0.25) is 0 Å². The SMILES string of the molecule is CCCCc1nc2c(N)nc3ccccc3c2n1CCCS(=O)(=O)c1ccccc1. The van der Waals surface area contributed by atoms with Crippen LogP contribution in [0.4, 0.5) is 5.82 Å². The van der Waals surface area contributed by atoms with Crippen molar-refractivity contribution in [1.29, 1.82) is 0 Å². The molecule has 0 bridgehead atoms. The number of aromatic nitrogens is 3. The van der Waals surface area contributed by atoms with Gasteiger partial charge in [-0.25, -0.2) is 18.4 Å². The number of pyridine rings is 1. The third kappa shape index (κ3) is 3.89. The third-order valence-electron chi connectivity index (χ3n) is 5.34. The zero-order chi connectivity index (χ0) is 21.1. The van der Waals surface area contributed by atoms with E-state index in [0.717, 1.165) is 41.5 Å². The highest BCUT2D eigenvalue weighted by molar-refractivity contribution is 7.91. The minimum Gasteiger partial charge on any atom is -0.382 e. The molecular weight excluding hydrogens is 396 g/mol. The number of para-hydroxylation sites is 1. The smallest absolute Gasteiger partial charge is 0.178 e. The molecule has 2 heterocycles. The Hall–Kier alpha value is -2.93. The van der Waals surface area contributed by atoms with Crippen LogP contribution in [0.25, 0.3) is 21.9 Å². The lowest BCUT2D eigenvalue weighted by Crippen LogP contribution is -2.11. The Morgan fingerprint density at radius 2 is 1.70 bits per heavy atom. The molecule has 0 spiro atoms. The first kappa shape index (κ1) is 20.3. The molecule has 0 aliphatic rings. The zero-order valence-electron chi connectivity index (χ0n) is 17.1. The van der Waals surface area contributed by atoms with Gasteiger partial charge in [-0.3, -0.25) is 0 Å². The summed E-state index contributed by atoms with van der Waals surface area (Å²) in [4.78, 5) is 9.67. The number of benzene rings is 2. The third-order valence-corrected chi connectivity index (χ3v) is 7.16. The summed E-state index contributed by atoms with van der Waals surface area (Å²) in [6.45, 7) is 2.71. The largest absolute Gasteiger partial charge is 0.382 e. The predicted molar refractivity (Wildman–Crippen MR) is 121 cm³/mol. The van der Waals surface area contributed by atoms with E-state index in [-0.39, 0.29) is 5.75 Å². The lowest BCUT2D eigenvalue weighted by atomic mass is 10.2. The van der Waals surface area contributed by atoms with E-state index < -0.39 is 9.84 Å². The number of aryl methyl sites for hydroxylation is 2. The number of unbranched alkanes of at least 4 members (excludes halogenated alkanes) is 1. The summed E-state index contributed by atoms with van der Waals surface area (Å²) in [5.41, 5.74) is 8.69. The second-order valence-corrected chi connectivity index (χ2v) is 9.59. The Labute approximate surface area is 176 Å². The highest BCUT2D eigenvalue weighted by Gasteiger charge is 2.18. The van der Waals surface area contributed by atoms with Crippen LogP contribution >= 0.6 is 0 Å². The van der Waals surface area contributed by atoms with Crippen LogP contribution in [0.1, 0.15) is 32.0 Å². The molecule has 0 fully saturated rings. The number of fused-ring (bicyclic) bond motifs is 3. The van der Waals surface area contributed by atoms with Gasteiger partial charge >= 0.3 is 0 Å². The van der Waals surface area contributed by atoms with Crippen LogP contribution in [-0.2, 0) is 22.8 Å². The van der Waals surface area contributed by atoms with Crippen LogP contribution in [0.3, 0.4) is 0 Å². The van der Waals surface area contributed by atoms with E-state index in [2.05, 4.69) is 16.5 Å². The average molecular weight is 423 g/mol. The lowest BCUT2D eigenvalue weighted by Gasteiger charge is -2.11. The van der Waals surface area contributed by atoms with Gasteiger partial charge in [0.1, 0.15) is 11.3 Å². The zero-order valence-corrected chi connectivity index (χ0v) is 17.9. The normalized spacial score (nSPS) is 12.0. The molecule has 156 valence electrons. The van der Waals surface area contributed by atoms with Crippen molar-refractivity contribution in [2.24, 2.45) is 0 Å². The van der Waals surface area contributed by atoms with Crippen molar-refractivity contribution in [3.05, 3.63) is 60.4 Å². The minimum atomic E-state index is -3.32. The Balaban J connectivity index is 1.71. The number of anilines is 1. The molecule has 0 atom stereocenters. The van der Waals surface area contributed by atoms with E-state index in [0.29, 0.717) is 29.2 Å². The Kier molecular flexibility index (Phi) is 5.72. The van der Waals surface area contributed by atoms with Gasteiger partial charge in [-0.15, -0.1) is 0 Å². The van der Waals surface area contributed by atoms with Gasteiger partial charge in [0.2, 0.25) is 0 Å². The monoisotopic (exact) mass is 422 g/mol. The van der Waals surface area contributed by atoms with Crippen LogP contribution in [0.5, 0.6) is 0 Å². The number of rotatable bonds is 8. The molecule has 2 N–H and O–H groups in total. The van der Waals surface area contributed by atoms with E-state index in [1.807, 2.05) is 30.3 Å². The van der Waals surface area contributed by atoms with Crippen molar-refractivity contribution < 1.29 is 8.42 Å². The van der Waals surface area contributed by atoms with E-state index in [1.54, 1.807) is 24.3 Å². The molecule has 6 nitrogen and oxygen atoms in total. The standard InChI is InChI=1S/C23H26N4O2S/c1-2-3-14-20-26-21-22(18-12-7-8-13-19(18)25-23(21)24)27(20)15-9-16-30(28,29)17-10-5-4-6-11-17/h4-8,10-13H,2-3,9,14-16H2,1H3,(H2,24,25). The summed E-state index contributed by atoms with van der Waals surface area (Å²) in [7, 11) is -3.32. The summed E-state index contributed by atoms with van der Waals surface area (Å²) in [6, 6.07) is 16.5. The van der Waals surface area contributed by atoms with Gasteiger partial charge in [0.25, 0.3) is 0 Å². The molecule has 2 aromatic carbocycles. The number of hydrogen-bond donors (Lipinski definition) is 1. The van der Waals surface area contributed by atoms with Crippen molar-refractivity contribution in [1.82, 2.24) is 14.5 Å². The van der Waals surface area contributed by atoms with Crippen molar-refractivity contribution >= 4 is 37.6 Å². The van der Waals surface area contributed by atoms with Crippen LogP contribution in [0, 0.1) is 0 Å². The summed E-state index contributed by atoms with van der Waals surface area (Å²) in [6.07, 6.45) is 3.39. The molecule has 30 heavy (non-hydrogen) atoms. The first-order valence-electron chi connectivity index (χ1n) is 10.3. The van der Waals surface area contributed by atoms with Crippen LogP contribution in [0.15, 0.2) is 59.5 Å². The Morgan fingerprint density at radius 1 is 0.967 bits per heavy atom. The molecule has 0 unspecified atom stereocenters. The van der Waals surface area contributed by atoms with Gasteiger partial charge < -0.3 is 10.3 Å². The van der Waals surface area contributed by atoms with Gasteiger partial charge in [0, 0.05) is 18.4 Å². The van der Waals surface area contributed by atoms with Crippen molar-refractivity contribution in [2.75, 3.05) is 11.5 Å². The fourth-order valence-corrected chi connectivity index (χ4v) is 5.15. The van der Waals surface area contributed by atoms with Gasteiger partial charge in [0.15, 0.2) is 15.7 Å². The summed E-state index contributed by atoms with van der Waals surface area (Å²) in [5.74, 6) is 1.44. The van der Waals surface area contributed by atoms with Crippen molar-refractivity contribution in [2.45, 2.75) is 44.0 Å². The number of nitrogen functional groups attached to an aromatic ring is 1. The second-order valence-electron chi connectivity index (χ2n) is 7.48. The number of hydrogen-bond acceptors (Lipinski definition) is 5. The summed E-state index contributed by atoms with van der Waals surface area (Å²) >= 11 is 0. The molecule has 0 radical (unpaired) electrons. The average Bonchev–Trinajstić information content (AvgIpc) is 3.12. The quantitative estimate of drug-likeness (QED) is 0.455. The molecule has 0 aliphatic carbocycles. The Bertz CT molecular complexity index is 1280. The maximum atomic E-state index is 12.7. The molecule has 4 aromatic rings. The first-order valence-corrected chi connectivity index (χ1v) is 12.0. The molecule has 0 aliphatic heterocycles. The van der Waals surface area contributed by atoms with Crippen LogP contribution in [-0.4, -0.2) is 28.7 Å². The Morgan fingerprint density at radius 3 is 2.47 bits per heavy atom. The van der Waals surface area contributed by atoms with E-state index >= 15 is 0 Å². The first-order chi connectivity index (χ1) is 14.5. The number of sulfone groups is 1. The maximum Gasteiger partial charge on any atom is 0.178 e. The highest BCUT2D eigenvalue weighted by atomic mass is 32.2. The van der Waals surface area contributed by atoms with E-state index in [1.165, 1.54) is 0 Å². The summed E-state index contributed by atoms with van der Waals surface area (Å²) < 4.78 is 27.5. The minimum absolute atomic E-state index is 0.0857. The number of nitrogens with zero attached hydrogens (tertiary/aromatic N) is 3. The van der Waals surface area contributed by atoms with Crippen molar-refractivity contribution in [3.63, 3.8) is 0 Å². The van der Waals surface area contributed by atoms with Gasteiger partial charge in [-0.2, -0.15) is 0 Å². The van der Waals surface area contributed by atoms with Gasteiger partial charge in [-0.05, 0) is 31.0 Å². The number of nitrogens with two attached hydrogens (primary N) is 1. The maximum absolute atomic E-state index is 12.7. The molecule has 4 rings (SSSR count). The fourth-order valence-electron chi connectivity index (χ4n) is 3.83. The summed E-state index contributed by atoms with van der Waals surface area (Å²) in [5, 5.41) is 0.989. The molecule has 0 saturated heterocycles. The topological polar surface area (TPSA) is 90.9 Å². The number of imidazole rings is 1. The molecular formula is C23H26N4O2S. The molecule has 0 saturated carbocycles. The highest BCUT2D eigenvalue weighted by Crippen LogP contribution is 2.29. The predicted octanol–water partition coefficient (Wildman–Crippen LogP) is 4.37. The molecule has 0 amide bonds.